The summed E-state index contributed by atoms with van der Waals surface area (Å²) in [5, 5.41) is 4.93. The van der Waals surface area contributed by atoms with E-state index >= 15 is 0 Å². The molecule has 2 aliphatic heterocycles. The summed E-state index contributed by atoms with van der Waals surface area (Å²) in [4.78, 5) is 17.5. The van der Waals surface area contributed by atoms with E-state index in [0.717, 1.165) is 75.5 Å². The van der Waals surface area contributed by atoms with Gasteiger partial charge in [-0.25, -0.2) is 15.0 Å². The van der Waals surface area contributed by atoms with Gasteiger partial charge in [-0.05, 0) is 71.6 Å². The number of nitrogens with zero attached hydrogens (tertiary/aromatic N) is 6. The van der Waals surface area contributed by atoms with E-state index in [4.69, 9.17) is 19.7 Å². The number of anilines is 3. The molecule has 3 aromatic heterocycles. The first-order chi connectivity index (χ1) is 33.1. The Balaban J connectivity index is 1.02. The van der Waals surface area contributed by atoms with Crippen LogP contribution >= 0.6 is 0 Å². The van der Waals surface area contributed by atoms with E-state index in [0.29, 0.717) is 23.2 Å². The molecule has 11 aromatic rings. The molecule has 2 aliphatic rings. The lowest BCUT2D eigenvalue weighted by atomic mass is 9.78. The number of fused-ring (bicyclic) bond motifs is 10. The zero-order valence-corrected chi connectivity index (χ0v) is 37.3. The fourth-order valence-electron chi connectivity index (χ4n) is 10.7. The molecule has 0 atom stereocenters. The molecular formula is C60H45N6O+. The first kappa shape index (κ1) is 39.0. The maximum Gasteiger partial charge on any atom is 0.221 e. The van der Waals surface area contributed by atoms with Gasteiger partial charge in [-0.3, -0.25) is 0 Å². The standard InChI is InChI=1S/C60H45N6O/c1-3-60(4-2)38-43-27-29-44(36-49(43)56-46-22-12-11-17-39(46)33-34-64(56)60)66-52-31-28-42(59-62-57(40-18-7-5-8-19-40)61-58(63-59)41-20-9-6-10-21-41)35-54(52)67-55-37-45(30-32-53(55)66)65-50-25-15-13-23-47(50)48-24-14-16-26-51(48)65/h5-37H,3-4,38H2,1-2H3/q+1. The van der Waals surface area contributed by atoms with Gasteiger partial charge in [-0.1, -0.05) is 135 Å². The highest BCUT2D eigenvalue weighted by molar-refractivity contribution is 6.09. The molecule has 13 rings (SSSR count). The number of hydrogen-bond donors (Lipinski definition) is 0. The highest BCUT2D eigenvalue weighted by Crippen LogP contribution is 2.53. The van der Waals surface area contributed by atoms with Gasteiger partial charge in [-0.2, -0.15) is 4.57 Å². The Kier molecular flexibility index (Phi) is 8.93. The predicted octanol–water partition coefficient (Wildman–Crippen LogP) is 14.7. The van der Waals surface area contributed by atoms with Gasteiger partial charge in [-0.15, -0.1) is 0 Å². The van der Waals surface area contributed by atoms with E-state index in [1.54, 1.807) is 0 Å². The van der Waals surface area contributed by atoms with Gasteiger partial charge in [0, 0.05) is 64.5 Å². The van der Waals surface area contributed by atoms with Crippen molar-refractivity contribution in [2.24, 2.45) is 0 Å². The average molecular weight is 866 g/mol. The van der Waals surface area contributed by atoms with Gasteiger partial charge < -0.3 is 14.2 Å². The lowest BCUT2D eigenvalue weighted by Gasteiger charge is -2.36. The normalized spacial score (nSPS) is 13.5. The molecule has 0 saturated heterocycles. The molecule has 0 saturated carbocycles. The van der Waals surface area contributed by atoms with Gasteiger partial charge in [0.05, 0.1) is 39.0 Å². The Morgan fingerprint density at radius 2 is 1.06 bits per heavy atom. The maximum absolute atomic E-state index is 7.14. The highest BCUT2D eigenvalue weighted by atomic mass is 16.5. The number of rotatable bonds is 7. The van der Waals surface area contributed by atoms with Crippen molar-refractivity contribution in [2.45, 2.75) is 38.6 Å². The highest BCUT2D eigenvalue weighted by Gasteiger charge is 2.44. The lowest BCUT2D eigenvalue weighted by Crippen LogP contribution is -2.60. The van der Waals surface area contributed by atoms with Crippen LogP contribution in [0.3, 0.4) is 0 Å². The Hall–Kier alpha value is -8.42. The molecule has 0 amide bonds. The van der Waals surface area contributed by atoms with Crippen molar-refractivity contribution < 1.29 is 9.30 Å². The van der Waals surface area contributed by atoms with Crippen molar-refractivity contribution in [3.8, 4) is 62.6 Å². The fourth-order valence-corrected chi connectivity index (χ4v) is 10.7. The molecule has 0 bridgehead atoms. The van der Waals surface area contributed by atoms with Gasteiger partial charge in [0.1, 0.15) is 0 Å². The topological polar surface area (TPSA) is 60.0 Å². The second-order valence-corrected chi connectivity index (χ2v) is 17.8. The van der Waals surface area contributed by atoms with Crippen molar-refractivity contribution in [1.29, 1.82) is 0 Å². The molecule has 7 nitrogen and oxygen atoms in total. The van der Waals surface area contributed by atoms with Crippen molar-refractivity contribution in [1.82, 2.24) is 19.5 Å². The smallest absolute Gasteiger partial charge is 0.221 e. The van der Waals surface area contributed by atoms with Crippen LogP contribution in [-0.4, -0.2) is 19.5 Å². The summed E-state index contributed by atoms with van der Waals surface area (Å²) in [6.45, 7) is 4.67. The van der Waals surface area contributed by atoms with Crippen molar-refractivity contribution >= 4 is 49.6 Å². The number of ether oxygens (including phenoxy) is 1. The zero-order chi connectivity index (χ0) is 44.6. The van der Waals surface area contributed by atoms with E-state index in [-0.39, 0.29) is 5.54 Å². The predicted molar refractivity (Wildman–Crippen MR) is 271 cm³/mol. The van der Waals surface area contributed by atoms with E-state index in [2.05, 4.69) is 168 Å². The molecule has 67 heavy (non-hydrogen) atoms. The number of aromatic nitrogens is 5. The Bertz CT molecular complexity index is 3630. The van der Waals surface area contributed by atoms with Crippen LogP contribution < -0.4 is 14.2 Å². The summed E-state index contributed by atoms with van der Waals surface area (Å²) >= 11 is 0. The summed E-state index contributed by atoms with van der Waals surface area (Å²) in [6, 6.07) is 68.6. The number of hydrogen-bond acceptors (Lipinski definition) is 5. The second kappa shape index (κ2) is 15.4. The second-order valence-electron chi connectivity index (χ2n) is 17.8. The Morgan fingerprint density at radius 1 is 0.507 bits per heavy atom. The van der Waals surface area contributed by atoms with Crippen LogP contribution in [0.25, 0.3) is 83.7 Å². The maximum atomic E-state index is 7.14. The van der Waals surface area contributed by atoms with Gasteiger partial charge in [0.15, 0.2) is 40.7 Å². The van der Waals surface area contributed by atoms with Gasteiger partial charge in [0.25, 0.3) is 0 Å². The molecule has 0 N–H and O–H groups in total. The quantitative estimate of drug-likeness (QED) is 0.149. The molecule has 0 radical (unpaired) electrons. The van der Waals surface area contributed by atoms with E-state index in [1.807, 2.05) is 60.7 Å². The fraction of sp³-hybridized carbons (Fsp3) is 0.100. The third-order valence-electron chi connectivity index (χ3n) is 14.2. The van der Waals surface area contributed by atoms with Crippen LogP contribution in [-0.2, 0) is 12.0 Å². The lowest BCUT2D eigenvalue weighted by molar-refractivity contribution is -0.757. The molecule has 0 unspecified atom stereocenters. The minimum absolute atomic E-state index is 0.0125. The van der Waals surface area contributed by atoms with Crippen LogP contribution in [0, 0.1) is 0 Å². The summed E-state index contributed by atoms with van der Waals surface area (Å²) < 4.78 is 12.1. The van der Waals surface area contributed by atoms with E-state index in [9.17, 15) is 0 Å². The molecule has 8 aromatic carbocycles. The molecule has 0 aliphatic carbocycles. The SMILES string of the molecule is CCC1(CC)Cc2ccc(N3c4ccc(-c5nc(-c6ccccc6)nc(-c6ccccc6)n5)cc4Oc4cc(-n5c6ccccc6c6ccccc65)ccc43)cc2-c2c3ccccc3cc[n+]21. The van der Waals surface area contributed by atoms with E-state index < -0.39 is 0 Å². The number of benzene rings is 8. The van der Waals surface area contributed by atoms with Crippen molar-refractivity contribution in [3.63, 3.8) is 0 Å². The van der Waals surface area contributed by atoms with Crippen LogP contribution in [0.4, 0.5) is 17.1 Å². The van der Waals surface area contributed by atoms with Crippen LogP contribution in [0.5, 0.6) is 11.5 Å². The van der Waals surface area contributed by atoms with E-state index in [1.165, 1.54) is 38.4 Å². The first-order valence-electron chi connectivity index (χ1n) is 23.3. The Labute approximate surface area is 388 Å². The monoisotopic (exact) mass is 865 g/mol. The first-order valence-corrected chi connectivity index (χ1v) is 23.3. The summed E-state index contributed by atoms with van der Waals surface area (Å²) in [5.41, 5.74) is 12.8. The number of pyridine rings is 1. The van der Waals surface area contributed by atoms with Crippen LogP contribution in [0.2, 0.25) is 0 Å². The molecule has 0 spiro atoms. The van der Waals surface area contributed by atoms with Crippen LogP contribution in [0.15, 0.2) is 200 Å². The van der Waals surface area contributed by atoms with Gasteiger partial charge >= 0.3 is 0 Å². The van der Waals surface area contributed by atoms with Crippen LogP contribution in [0.1, 0.15) is 32.3 Å². The summed E-state index contributed by atoms with van der Waals surface area (Å²) in [7, 11) is 0. The molecular weight excluding hydrogens is 821 g/mol. The van der Waals surface area contributed by atoms with Gasteiger partial charge in [0.2, 0.25) is 5.69 Å². The molecule has 320 valence electrons. The zero-order valence-electron chi connectivity index (χ0n) is 37.3. The summed E-state index contributed by atoms with van der Waals surface area (Å²) in [5.74, 6) is 3.26. The minimum atomic E-state index is -0.0125. The van der Waals surface area contributed by atoms with Crippen molar-refractivity contribution in [2.75, 3.05) is 4.90 Å². The average Bonchev–Trinajstić information content (AvgIpc) is 3.74. The molecule has 0 fully saturated rings. The molecule has 5 heterocycles. The number of para-hydroxylation sites is 2. The van der Waals surface area contributed by atoms with Crippen molar-refractivity contribution in [3.05, 3.63) is 206 Å². The Morgan fingerprint density at radius 3 is 1.72 bits per heavy atom. The largest absolute Gasteiger partial charge is 0.453 e. The minimum Gasteiger partial charge on any atom is -0.453 e. The summed E-state index contributed by atoms with van der Waals surface area (Å²) in [6.07, 6.45) is 5.38. The molecule has 7 heteroatoms. The third kappa shape index (κ3) is 6.19. The third-order valence-corrected chi connectivity index (χ3v) is 14.2.